The number of piperidine rings is 1. The largest absolute Gasteiger partial charge is 0.496 e. The Morgan fingerprint density at radius 3 is 2.13 bits per heavy atom. The second kappa shape index (κ2) is 9.67. The molecule has 2 aromatic carbocycles. The van der Waals surface area contributed by atoms with Gasteiger partial charge in [-0.3, -0.25) is 0 Å². The lowest BCUT2D eigenvalue weighted by atomic mass is 9.84. The van der Waals surface area contributed by atoms with Gasteiger partial charge in [-0.2, -0.15) is 0 Å². The van der Waals surface area contributed by atoms with Gasteiger partial charge in [0.1, 0.15) is 11.4 Å². The van der Waals surface area contributed by atoms with Crippen molar-refractivity contribution in [1.29, 1.82) is 0 Å². The monoisotopic (exact) mass is 411 g/mol. The van der Waals surface area contributed by atoms with E-state index in [0.29, 0.717) is 28.4 Å². The van der Waals surface area contributed by atoms with Crippen LogP contribution in [0.15, 0.2) is 48.0 Å². The molecular formula is C24H29NO5. The minimum absolute atomic E-state index is 0.349. The van der Waals surface area contributed by atoms with E-state index in [4.69, 9.17) is 18.9 Å². The van der Waals surface area contributed by atoms with Crippen LogP contribution < -0.4 is 19.5 Å². The van der Waals surface area contributed by atoms with Gasteiger partial charge in [0.2, 0.25) is 0 Å². The quantitative estimate of drug-likeness (QED) is 0.550. The summed E-state index contributed by atoms with van der Waals surface area (Å²) < 4.78 is 22.3. The zero-order chi connectivity index (χ0) is 21.6. The maximum atomic E-state index is 13.1. The summed E-state index contributed by atoms with van der Waals surface area (Å²) in [5, 5.41) is 3.34. The SMILES string of the molecule is COc1cc(OC)c(OC)cc1/C=C(\C)C(=O)OC1(c2ccccc2)CCNCC1. The average Bonchev–Trinajstić information content (AvgIpc) is 2.79. The molecule has 30 heavy (non-hydrogen) atoms. The summed E-state index contributed by atoms with van der Waals surface area (Å²) in [6.45, 7) is 3.35. The second-order valence-electron chi connectivity index (χ2n) is 7.28. The molecule has 2 aromatic rings. The number of esters is 1. The van der Waals surface area contributed by atoms with Crippen molar-refractivity contribution in [2.75, 3.05) is 34.4 Å². The number of carbonyl (C=O) groups is 1. The van der Waals surface area contributed by atoms with Gasteiger partial charge in [0.05, 0.1) is 21.3 Å². The minimum atomic E-state index is -0.625. The molecule has 6 heteroatoms. The Bertz CT molecular complexity index is 901. The van der Waals surface area contributed by atoms with E-state index in [-0.39, 0.29) is 5.97 Å². The summed E-state index contributed by atoms with van der Waals surface area (Å²) in [6.07, 6.45) is 3.22. The molecule has 0 amide bonds. The van der Waals surface area contributed by atoms with E-state index in [1.165, 1.54) is 0 Å². The molecule has 0 radical (unpaired) electrons. The zero-order valence-corrected chi connectivity index (χ0v) is 18.0. The summed E-state index contributed by atoms with van der Waals surface area (Å²) in [7, 11) is 4.71. The van der Waals surface area contributed by atoms with Crippen molar-refractivity contribution in [2.45, 2.75) is 25.4 Å². The highest BCUT2D eigenvalue weighted by atomic mass is 16.6. The highest BCUT2D eigenvalue weighted by Crippen LogP contribution is 2.37. The Labute approximate surface area is 177 Å². The van der Waals surface area contributed by atoms with Crippen LogP contribution in [0, 0.1) is 0 Å². The maximum absolute atomic E-state index is 13.1. The van der Waals surface area contributed by atoms with E-state index in [1.54, 1.807) is 46.5 Å². The van der Waals surface area contributed by atoms with Crippen molar-refractivity contribution in [1.82, 2.24) is 5.32 Å². The summed E-state index contributed by atoms with van der Waals surface area (Å²) in [5.74, 6) is 1.35. The normalized spacial score (nSPS) is 15.9. The summed E-state index contributed by atoms with van der Waals surface area (Å²) in [4.78, 5) is 13.1. The number of hydrogen-bond acceptors (Lipinski definition) is 6. The number of carbonyl (C=O) groups excluding carboxylic acids is 1. The molecule has 0 saturated carbocycles. The number of hydrogen-bond donors (Lipinski definition) is 1. The van der Waals surface area contributed by atoms with Gasteiger partial charge in [0, 0.05) is 30.0 Å². The first kappa shape index (κ1) is 21.7. The molecule has 6 nitrogen and oxygen atoms in total. The van der Waals surface area contributed by atoms with E-state index in [2.05, 4.69) is 5.32 Å². The van der Waals surface area contributed by atoms with Gasteiger partial charge in [-0.15, -0.1) is 0 Å². The van der Waals surface area contributed by atoms with Crippen LogP contribution in [-0.4, -0.2) is 40.4 Å². The standard InChI is InChI=1S/C24H29NO5/c1-17(14-18-15-21(28-3)22(29-4)16-20(18)27-2)23(26)30-24(10-12-25-13-11-24)19-8-6-5-7-9-19/h5-9,14-16,25H,10-13H2,1-4H3/b17-14+. The summed E-state index contributed by atoms with van der Waals surface area (Å²) >= 11 is 0. The van der Waals surface area contributed by atoms with Crippen LogP contribution in [-0.2, 0) is 15.1 Å². The molecule has 1 N–H and O–H groups in total. The molecule has 1 heterocycles. The third kappa shape index (κ3) is 4.60. The highest BCUT2D eigenvalue weighted by Gasteiger charge is 2.38. The number of benzene rings is 2. The second-order valence-corrected chi connectivity index (χ2v) is 7.28. The van der Waals surface area contributed by atoms with Crippen LogP contribution in [0.2, 0.25) is 0 Å². The van der Waals surface area contributed by atoms with Gasteiger partial charge in [0.25, 0.3) is 0 Å². The first-order chi connectivity index (χ1) is 14.5. The molecule has 0 unspecified atom stereocenters. The Hall–Kier alpha value is -2.99. The molecule has 1 aliphatic heterocycles. The van der Waals surface area contributed by atoms with Gasteiger partial charge in [-0.05, 0) is 37.7 Å². The predicted molar refractivity (Wildman–Crippen MR) is 116 cm³/mol. The molecule has 0 aliphatic carbocycles. The molecule has 3 rings (SSSR count). The lowest BCUT2D eigenvalue weighted by Crippen LogP contribution is -2.43. The molecule has 0 bridgehead atoms. The van der Waals surface area contributed by atoms with Crippen LogP contribution in [0.3, 0.4) is 0 Å². The minimum Gasteiger partial charge on any atom is -0.496 e. The van der Waals surface area contributed by atoms with E-state index >= 15 is 0 Å². The molecule has 0 atom stereocenters. The maximum Gasteiger partial charge on any atom is 0.334 e. The number of ether oxygens (including phenoxy) is 4. The third-order valence-corrected chi connectivity index (χ3v) is 5.43. The zero-order valence-electron chi connectivity index (χ0n) is 18.0. The fraction of sp³-hybridized carbons (Fsp3) is 0.375. The van der Waals surface area contributed by atoms with Crippen molar-refractivity contribution < 1.29 is 23.7 Å². The Morgan fingerprint density at radius 2 is 1.53 bits per heavy atom. The van der Waals surface area contributed by atoms with Crippen LogP contribution in [0.1, 0.15) is 30.9 Å². The average molecular weight is 411 g/mol. The van der Waals surface area contributed by atoms with Gasteiger partial charge in [0.15, 0.2) is 11.5 Å². The first-order valence-electron chi connectivity index (χ1n) is 10.0. The lowest BCUT2D eigenvalue weighted by Gasteiger charge is -2.37. The summed E-state index contributed by atoms with van der Waals surface area (Å²) in [5.41, 5.74) is 1.59. The fourth-order valence-corrected chi connectivity index (χ4v) is 3.74. The van der Waals surface area contributed by atoms with E-state index in [9.17, 15) is 4.79 Å². The summed E-state index contributed by atoms with van der Waals surface area (Å²) in [6, 6.07) is 13.5. The molecule has 1 aliphatic rings. The van der Waals surface area contributed by atoms with Gasteiger partial charge in [-0.1, -0.05) is 30.3 Å². The first-order valence-corrected chi connectivity index (χ1v) is 10.0. The van der Waals surface area contributed by atoms with E-state index < -0.39 is 5.60 Å². The molecular weight excluding hydrogens is 382 g/mol. The van der Waals surface area contributed by atoms with Crippen LogP contribution in [0.25, 0.3) is 6.08 Å². The molecule has 1 saturated heterocycles. The molecule has 0 aromatic heterocycles. The van der Waals surface area contributed by atoms with E-state index in [1.807, 2.05) is 30.3 Å². The van der Waals surface area contributed by atoms with Crippen LogP contribution in [0.4, 0.5) is 0 Å². The predicted octanol–water partition coefficient (Wildman–Crippen LogP) is 3.94. The number of methoxy groups -OCH3 is 3. The molecule has 1 fully saturated rings. The lowest BCUT2D eigenvalue weighted by molar-refractivity contribution is -0.159. The Kier molecular flexibility index (Phi) is 7.00. The van der Waals surface area contributed by atoms with E-state index in [0.717, 1.165) is 31.5 Å². The van der Waals surface area contributed by atoms with Gasteiger partial charge < -0.3 is 24.3 Å². The smallest absolute Gasteiger partial charge is 0.334 e. The molecule has 160 valence electrons. The van der Waals surface area contributed by atoms with Crippen molar-refractivity contribution >= 4 is 12.0 Å². The van der Waals surface area contributed by atoms with Crippen molar-refractivity contribution in [2.24, 2.45) is 0 Å². The van der Waals surface area contributed by atoms with Gasteiger partial charge >= 0.3 is 5.97 Å². The number of nitrogens with one attached hydrogen (secondary N) is 1. The van der Waals surface area contributed by atoms with Crippen LogP contribution >= 0.6 is 0 Å². The van der Waals surface area contributed by atoms with Gasteiger partial charge in [-0.25, -0.2) is 4.79 Å². The fourth-order valence-electron chi connectivity index (χ4n) is 3.74. The molecule has 0 spiro atoms. The van der Waals surface area contributed by atoms with Crippen LogP contribution in [0.5, 0.6) is 17.2 Å². The van der Waals surface area contributed by atoms with Crippen molar-refractivity contribution in [3.8, 4) is 17.2 Å². The Balaban J connectivity index is 1.90. The Morgan fingerprint density at radius 1 is 0.933 bits per heavy atom. The van der Waals surface area contributed by atoms with Crippen molar-refractivity contribution in [3.63, 3.8) is 0 Å². The topological polar surface area (TPSA) is 66.0 Å². The third-order valence-electron chi connectivity index (χ3n) is 5.43. The highest BCUT2D eigenvalue weighted by molar-refractivity contribution is 5.94. The number of rotatable bonds is 7. The van der Waals surface area contributed by atoms with Crippen molar-refractivity contribution in [3.05, 3.63) is 59.2 Å².